The number of hydrogen-bond acceptors (Lipinski definition) is 3. The van der Waals surface area contributed by atoms with Crippen LogP contribution in [0.2, 0.25) is 0 Å². The van der Waals surface area contributed by atoms with Crippen molar-refractivity contribution in [3.63, 3.8) is 0 Å². The summed E-state index contributed by atoms with van der Waals surface area (Å²) in [5.74, 6) is -0.497. The first-order chi connectivity index (χ1) is 9.06. The Morgan fingerprint density at radius 3 is 2.74 bits per heavy atom. The molecule has 1 unspecified atom stereocenters. The lowest BCUT2D eigenvalue weighted by Gasteiger charge is -2.21. The summed E-state index contributed by atoms with van der Waals surface area (Å²) in [6.07, 6.45) is 2.13. The molecule has 1 aromatic carbocycles. The average Bonchev–Trinajstić information content (AvgIpc) is 2.87. The van der Waals surface area contributed by atoms with Gasteiger partial charge in [-0.2, -0.15) is 0 Å². The Labute approximate surface area is 112 Å². The van der Waals surface area contributed by atoms with E-state index < -0.39 is 5.82 Å². The molecule has 1 aromatic rings. The Balaban J connectivity index is 1.88. The number of benzene rings is 1. The van der Waals surface area contributed by atoms with Gasteiger partial charge in [0, 0.05) is 25.7 Å². The van der Waals surface area contributed by atoms with Crippen LogP contribution in [-0.2, 0) is 11.3 Å². The van der Waals surface area contributed by atoms with E-state index in [4.69, 9.17) is 0 Å². The van der Waals surface area contributed by atoms with E-state index >= 15 is 0 Å². The maximum atomic E-state index is 13.1. The van der Waals surface area contributed by atoms with Crippen molar-refractivity contribution in [3.8, 4) is 5.75 Å². The van der Waals surface area contributed by atoms with E-state index in [0.717, 1.165) is 32.0 Å². The van der Waals surface area contributed by atoms with Crippen LogP contribution >= 0.6 is 0 Å². The van der Waals surface area contributed by atoms with E-state index in [1.807, 2.05) is 4.90 Å². The summed E-state index contributed by atoms with van der Waals surface area (Å²) in [7, 11) is 0. The number of rotatable bonds is 4. The molecule has 1 aliphatic rings. The third-order valence-corrected chi connectivity index (χ3v) is 3.34. The Hall–Kier alpha value is -1.62. The van der Waals surface area contributed by atoms with Crippen LogP contribution in [0.15, 0.2) is 18.2 Å². The zero-order valence-electron chi connectivity index (χ0n) is 11.0. The Bertz CT molecular complexity index is 439. The van der Waals surface area contributed by atoms with Crippen LogP contribution in [-0.4, -0.2) is 35.0 Å². The van der Waals surface area contributed by atoms with E-state index in [2.05, 4.69) is 5.32 Å². The second kappa shape index (κ2) is 6.02. The molecule has 0 spiro atoms. The molecule has 0 aliphatic carbocycles. The monoisotopic (exact) mass is 266 g/mol. The van der Waals surface area contributed by atoms with Gasteiger partial charge in [-0.1, -0.05) is 0 Å². The maximum Gasteiger partial charge on any atom is 0.239 e. The van der Waals surface area contributed by atoms with Crippen molar-refractivity contribution in [3.05, 3.63) is 29.6 Å². The highest BCUT2D eigenvalue weighted by Gasteiger charge is 2.22. The fourth-order valence-electron chi connectivity index (χ4n) is 2.31. The van der Waals surface area contributed by atoms with E-state index in [9.17, 15) is 14.3 Å². The van der Waals surface area contributed by atoms with Crippen LogP contribution in [0.25, 0.3) is 0 Å². The van der Waals surface area contributed by atoms with Crippen molar-refractivity contribution in [2.75, 3.05) is 13.1 Å². The largest absolute Gasteiger partial charge is 0.508 e. The molecule has 2 N–H and O–H groups in total. The second-order valence-electron chi connectivity index (χ2n) is 4.95. The smallest absolute Gasteiger partial charge is 0.239 e. The minimum absolute atomic E-state index is 0.0816. The number of likely N-dealkylation sites (tertiary alicyclic amines) is 1. The molecular weight excluding hydrogens is 247 g/mol. The molecule has 0 saturated carbocycles. The van der Waals surface area contributed by atoms with Crippen molar-refractivity contribution in [1.82, 2.24) is 10.2 Å². The Kier molecular flexibility index (Phi) is 4.37. The van der Waals surface area contributed by atoms with Crippen molar-refractivity contribution in [1.29, 1.82) is 0 Å². The molecule has 1 amide bonds. The minimum atomic E-state index is -0.477. The SMILES string of the molecule is CC(NCc1cc(O)cc(F)c1)C(=O)N1CCCC1. The molecule has 1 aliphatic heterocycles. The van der Waals surface area contributed by atoms with Crippen molar-refractivity contribution in [2.24, 2.45) is 0 Å². The van der Waals surface area contributed by atoms with Crippen LogP contribution < -0.4 is 5.32 Å². The van der Waals surface area contributed by atoms with Gasteiger partial charge in [0.15, 0.2) is 0 Å². The fourth-order valence-corrected chi connectivity index (χ4v) is 2.31. The molecular formula is C14H19FN2O2. The molecule has 2 rings (SSSR count). The number of carbonyl (C=O) groups is 1. The van der Waals surface area contributed by atoms with Crippen LogP contribution in [0.5, 0.6) is 5.75 Å². The topological polar surface area (TPSA) is 52.6 Å². The fraction of sp³-hybridized carbons (Fsp3) is 0.500. The lowest BCUT2D eigenvalue weighted by atomic mass is 10.2. The Morgan fingerprint density at radius 1 is 1.42 bits per heavy atom. The van der Waals surface area contributed by atoms with Gasteiger partial charge in [-0.3, -0.25) is 4.79 Å². The molecule has 0 radical (unpaired) electrons. The van der Waals surface area contributed by atoms with Crippen LogP contribution in [0, 0.1) is 5.82 Å². The number of amides is 1. The first-order valence-electron chi connectivity index (χ1n) is 6.57. The van der Waals surface area contributed by atoms with E-state index in [1.165, 1.54) is 12.1 Å². The number of nitrogens with one attached hydrogen (secondary N) is 1. The summed E-state index contributed by atoms with van der Waals surface area (Å²) in [5.41, 5.74) is 0.624. The van der Waals surface area contributed by atoms with Crippen molar-refractivity contribution < 1.29 is 14.3 Å². The van der Waals surface area contributed by atoms with Crippen LogP contribution in [0.1, 0.15) is 25.3 Å². The van der Waals surface area contributed by atoms with Gasteiger partial charge in [0.25, 0.3) is 0 Å². The number of hydrogen-bond donors (Lipinski definition) is 2. The molecule has 1 fully saturated rings. The number of carbonyl (C=O) groups excluding carboxylic acids is 1. The van der Waals surface area contributed by atoms with Gasteiger partial charge in [-0.15, -0.1) is 0 Å². The summed E-state index contributed by atoms with van der Waals surface area (Å²) in [4.78, 5) is 13.9. The summed E-state index contributed by atoms with van der Waals surface area (Å²) >= 11 is 0. The van der Waals surface area contributed by atoms with Gasteiger partial charge in [-0.25, -0.2) is 4.39 Å². The molecule has 1 atom stereocenters. The number of phenols is 1. The van der Waals surface area contributed by atoms with Gasteiger partial charge in [-0.05, 0) is 37.5 Å². The molecule has 1 saturated heterocycles. The molecule has 4 nitrogen and oxygen atoms in total. The predicted molar refractivity (Wildman–Crippen MR) is 70.2 cm³/mol. The highest BCUT2D eigenvalue weighted by molar-refractivity contribution is 5.81. The summed E-state index contributed by atoms with van der Waals surface area (Å²) in [6, 6.07) is 3.59. The van der Waals surface area contributed by atoms with Gasteiger partial charge >= 0.3 is 0 Å². The van der Waals surface area contributed by atoms with E-state index in [0.29, 0.717) is 12.1 Å². The minimum Gasteiger partial charge on any atom is -0.508 e. The second-order valence-corrected chi connectivity index (χ2v) is 4.95. The first kappa shape index (κ1) is 13.8. The number of nitrogens with zero attached hydrogens (tertiary/aromatic N) is 1. The highest BCUT2D eigenvalue weighted by Crippen LogP contribution is 2.15. The van der Waals surface area contributed by atoms with Crippen molar-refractivity contribution >= 4 is 5.91 Å². The third-order valence-electron chi connectivity index (χ3n) is 3.34. The lowest BCUT2D eigenvalue weighted by molar-refractivity contribution is -0.131. The predicted octanol–water partition coefficient (Wildman–Crippen LogP) is 1.63. The quantitative estimate of drug-likeness (QED) is 0.871. The zero-order valence-corrected chi connectivity index (χ0v) is 11.0. The summed E-state index contributed by atoms with van der Waals surface area (Å²) < 4.78 is 13.1. The normalized spacial score (nSPS) is 16.6. The van der Waals surface area contributed by atoms with E-state index in [1.54, 1.807) is 6.92 Å². The molecule has 1 heterocycles. The van der Waals surface area contributed by atoms with Crippen molar-refractivity contribution in [2.45, 2.75) is 32.4 Å². The lowest BCUT2D eigenvalue weighted by Crippen LogP contribution is -2.43. The number of halogens is 1. The van der Waals surface area contributed by atoms with Gasteiger partial charge in [0.2, 0.25) is 5.91 Å². The van der Waals surface area contributed by atoms with Gasteiger partial charge in [0.05, 0.1) is 6.04 Å². The van der Waals surface area contributed by atoms with Crippen LogP contribution in [0.3, 0.4) is 0 Å². The average molecular weight is 266 g/mol. The molecule has 5 heteroatoms. The molecule has 19 heavy (non-hydrogen) atoms. The molecule has 0 aromatic heterocycles. The van der Waals surface area contributed by atoms with Gasteiger partial charge < -0.3 is 15.3 Å². The Morgan fingerprint density at radius 2 is 2.11 bits per heavy atom. The van der Waals surface area contributed by atoms with E-state index in [-0.39, 0.29) is 17.7 Å². The first-order valence-corrected chi connectivity index (χ1v) is 6.57. The zero-order chi connectivity index (χ0) is 13.8. The van der Waals surface area contributed by atoms with Gasteiger partial charge in [0.1, 0.15) is 11.6 Å². The third kappa shape index (κ3) is 3.67. The number of phenolic OH excluding ortho intramolecular Hbond substituents is 1. The molecule has 104 valence electrons. The number of aromatic hydroxyl groups is 1. The maximum absolute atomic E-state index is 13.1. The summed E-state index contributed by atoms with van der Waals surface area (Å²) in [5, 5.41) is 12.4. The standard InChI is InChI=1S/C14H19FN2O2/c1-10(14(19)17-4-2-3-5-17)16-9-11-6-12(15)8-13(18)7-11/h6-8,10,16,18H,2-5,9H2,1H3. The molecule has 0 bridgehead atoms. The van der Waals surface area contributed by atoms with Crippen LogP contribution in [0.4, 0.5) is 4.39 Å². The summed E-state index contributed by atoms with van der Waals surface area (Å²) in [6.45, 7) is 3.81. The highest BCUT2D eigenvalue weighted by atomic mass is 19.1.